The van der Waals surface area contributed by atoms with Gasteiger partial charge in [-0.05, 0) is 30.7 Å². The molecule has 0 bridgehead atoms. The minimum Gasteiger partial charge on any atom is -0.495 e. The van der Waals surface area contributed by atoms with E-state index in [-0.39, 0.29) is 5.91 Å². The molecule has 2 aromatic heterocycles. The second-order valence-corrected chi connectivity index (χ2v) is 5.09. The van der Waals surface area contributed by atoms with Crippen molar-refractivity contribution in [2.24, 2.45) is 0 Å². The van der Waals surface area contributed by atoms with Crippen LogP contribution in [0.3, 0.4) is 0 Å². The highest BCUT2D eigenvalue weighted by Gasteiger charge is 2.12. The van der Waals surface area contributed by atoms with Crippen molar-refractivity contribution < 1.29 is 18.5 Å². The fraction of sp³-hybridized carbons (Fsp3) is 0.235. The Morgan fingerprint density at radius 1 is 1.25 bits per heavy atom. The first-order chi connectivity index (χ1) is 11.8. The standard InChI is InChI=1S/C17H17N3O4/c1-22-13-7-3-2-6-12(13)18-15(21)9-4-10-16-19-17(20-24-16)14-8-5-11-23-14/h2-3,5-8,11H,4,9-10H2,1H3,(H,18,21). The zero-order valence-electron chi connectivity index (χ0n) is 13.2. The second-order valence-electron chi connectivity index (χ2n) is 5.09. The van der Waals surface area contributed by atoms with E-state index in [0.717, 1.165) is 0 Å². The highest BCUT2D eigenvalue weighted by molar-refractivity contribution is 5.92. The fourth-order valence-electron chi connectivity index (χ4n) is 2.22. The molecule has 1 amide bonds. The number of ether oxygens (including phenoxy) is 1. The Bertz CT molecular complexity index is 796. The summed E-state index contributed by atoms with van der Waals surface area (Å²) in [6.45, 7) is 0. The molecule has 7 heteroatoms. The van der Waals surface area contributed by atoms with Gasteiger partial charge in [0, 0.05) is 12.8 Å². The first-order valence-corrected chi connectivity index (χ1v) is 7.55. The van der Waals surface area contributed by atoms with Crippen LogP contribution in [-0.2, 0) is 11.2 Å². The number of carbonyl (C=O) groups excluding carboxylic acids is 1. The number of aromatic nitrogens is 2. The normalized spacial score (nSPS) is 10.5. The van der Waals surface area contributed by atoms with Crippen LogP contribution in [0.2, 0.25) is 0 Å². The van der Waals surface area contributed by atoms with Gasteiger partial charge in [-0.25, -0.2) is 0 Å². The number of nitrogens with one attached hydrogen (secondary N) is 1. The molecule has 0 aliphatic heterocycles. The summed E-state index contributed by atoms with van der Waals surface area (Å²) in [5.41, 5.74) is 0.655. The smallest absolute Gasteiger partial charge is 0.238 e. The van der Waals surface area contributed by atoms with Crippen LogP contribution in [0.1, 0.15) is 18.7 Å². The van der Waals surface area contributed by atoms with E-state index in [9.17, 15) is 4.79 Å². The van der Waals surface area contributed by atoms with Gasteiger partial charge < -0.3 is 19.0 Å². The molecule has 0 atom stereocenters. The largest absolute Gasteiger partial charge is 0.495 e. The lowest BCUT2D eigenvalue weighted by Gasteiger charge is -2.09. The van der Waals surface area contributed by atoms with E-state index in [1.54, 1.807) is 37.6 Å². The highest BCUT2D eigenvalue weighted by Crippen LogP contribution is 2.23. The predicted octanol–water partition coefficient (Wildman–Crippen LogP) is 3.30. The summed E-state index contributed by atoms with van der Waals surface area (Å²) in [5.74, 6) is 1.98. The van der Waals surface area contributed by atoms with Gasteiger partial charge in [0.1, 0.15) is 5.75 Å². The number of carbonyl (C=O) groups is 1. The van der Waals surface area contributed by atoms with E-state index in [1.165, 1.54) is 0 Å². The molecule has 0 radical (unpaired) electrons. The van der Waals surface area contributed by atoms with Crippen LogP contribution in [0.4, 0.5) is 5.69 Å². The molecule has 0 aliphatic rings. The SMILES string of the molecule is COc1ccccc1NC(=O)CCCc1nc(-c2ccco2)no1. The number of para-hydroxylation sites is 2. The Kier molecular flexibility index (Phi) is 4.90. The zero-order valence-corrected chi connectivity index (χ0v) is 13.2. The molecular formula is C17H17N3O4. The van der Waals surface area contributed by atoms with Crippen LogP contribution in [0.15, 0.2) is 51.6 Å². The Morgan fingerprint density at radius 2 is 2.12 bits per heavy atom. The van der Waals surface area contributed by atoms with Crippen LogP contribution in [0.5, 0.6) is 5.75 Å². The summed E-state index contributed by atoms with van der Waals surface area (Å²) in [5, 5.41) is 6.68. The lowest BCUT2D eigenvalue weighted by molar-refractivity contribution is -0.116. The average Bonchev–Trinajstić information content (AvgIpc) is 3.26. The van der Waals surface area contributed by atoms with Crippen LogP contribution in [0, 0.1) is 0 Å². The van der Waals surface area contributed by atoms with Crippen molar-refractivity contribution in [3.63, 3.8) is 0 Å². The van der Waals surface area contributed by atoms with Crippen LogP contribution in [0.25, 0.3) is 11.6 Å². The van der Waals surface area contributed by atoms with E-state index in [0.29, 0.717) is 48.2 Å². The maximum atomic E-state index is 12.0. The molecule has 24 heavy (non-hydrogen) atoms. The molecule has 1 aromatic carbocycles. The number of nitrogens with zero attached hydrogens (tertiary/aromatic N) is 2. The maximum absolute atomic E-state index is 12.0. The van der Waals surface area contributed by atoms with Crippen molar-refractivity contribution in [3.05, 3.63) is 48.6 Å². The molecule has 0 fully saturated rings. The third-order valence-corrected chi connectivity index (χ3v) is 3.39. The third kappa shape index (κ3) is 3.81. The van der Waals surface area contributed by atoms with E-state index in [4.69, 9.17) is 13.7 Å². The summed E-state index contributed by atoms with van der Waals surface area (Å²) in [6.07, 6.45) is 3.01. The number of hydrogen-bond acceptors (Lipinski definition) is 6. The Morgan fingerprint density at radius 3 is 2.92 bits per heavy atom. The Balaban J connectivity index is 1.49. The summed E-state index contributed by atoms with van der Waals surface area (Å²) in [4.78, 5) is 16.3. The van der Waals surface area contributed by atoms with Crippen molar-refractivity contribution in [1.82, 2.24) is 10.1 Å². The lowest BCUT2D eigenvalue weighted by Crippen LogP contribution is -2.12. The fourth-order valence-corrected chi connectivity index (χ4v) is 2.22. The number of hydrogen-bond donors (Lipinski definition) is 1. The summed E-state index contributed by atoms with van der Waals surface area (Å²) >= 11 is 0. The van der Waals surface area contributed by atoms with Gasteiger partial charge in [-0.15, -0.1) is 0 Å². The molecule has 1 N–H and O–H groups in total. The van der Waals surface area contributed by atoms with Gasteiger partial charge in [0.2, 0.25) is 17.6 Å². The quantitative estimate of drug-likeness (QED) is 0.716. The first-order valence-electron chi connectivity index (χ1n) is 7.55. The zero-order chi connectivity index (χ0) is 16.8. The molecule has 7 nitrogen and oxygen atoms in total. The molecule has 124 valence electrons. The summed E-state index contributed by atoms with van der Waals surface area (Å²) < 4.78 is 15.6. The van der Waals surface area contributed by atoms with Crippen molar-refractivity contribution in [1.29, 1.82) is 0 Å². The molecule has 0 saturated heterocycles. The van der Waals surface area contributed by atoms with E-state index in [2.05, 4.69) is 15.5 Å². The highest BCUT2D eigenvalue weighted by atomic mass is 16.5. The topological polar surface area (TPSA) is 90.4 Å². The third-order valence-electron chi connectivity index (χ3n) is 3.39. The van der Waals surface area contributed by atoms with Gasteiger partial charge in [0.25, 0.3) is 0 Å². The van der Waals surface area contributed by atoms with Crippen LogP contribution >= 0.6 is 0 Å². The molecular weight excluding hydrogens is 310 g/mol. The van der Waals surface area contributed by atoms with Gasteiger partial charge in [-0.1, -0.05) is 17.3 Å². The first kappa shape index (κ1) is 15.8. The molecule has 3 aromatic rings. The van der Waals surface area contributed by atoms with E-state index in [1.807, 2.05) is 12.1 Å². The number of rotatable bonds is 7. The van der Waals surface area contributed by atoms with Gasteiger partial charge >= 0.3 is 0 Å². The number of amides is 1. The Labute approximate surface area is 138 Å². The average molecular weight is 327 g/mol. The molecule has 3 rings (SSSR count). The van der Waals surface area contributed by atoms with Crippen LogP contribution < -0.4 is 10.1 Å². The van der Waals surface area contributed by atoms with Crippen molar-refractivity contribution in [2.75, 3.05) is 12.4 Å². The number of methoxy groups -OCH3 is 1. The van der Waals surface area contributed by atoms with E-state index >= 15 is 0 Å². The van der Waals surface area contributed by atoms with Crippen molar-refractivity contribution in [2.45, 2.75) is 19.3 Å². The summed E-state index contributed by atoms with van der Waals surface area (Å²) in [6, 6.07) is 10.8. The summed E-state index contributed by atoms with van der Waals surface area (Å²) in [7, 11) is 1.57. The maximum Gasteiger partial charge on any atom is 0.238 e. The molecule has 0 spiro atoms. The minimum atomic E-state index is -0.0923. The van der Waals surface area contributed by atoms with Crippen LogP contribution in [-0.4, -0.2) is 23.2 Å². The minimum absolute atomic E-state index is 0.0923. The number of anilines is 1. The van der Waals surface area contributed by atoms with Gasteiger partial charge in [0.15, 0.2) is 5.76 Å². The molecule has 2 heterocycles. The number of aryl methyl sites for hydroxylation is 1. The van der Waals surface area contributed by atoms with Gasteiger partial charge in [-0.2, -0.15) is 4.98 Å². The Hall–Kier alpha value is -3.09. The number of furan rings is 1. The van der Waals surface area contributed by atoms with Gasteiger partial charge in [0.05, 0.1) is 19.1 Å². The molecule has 0 unspecified atom stereocenters. The van der Waals surface area contributed by atoms with Crippen molar-refractivity contribution in [3.8, 4) is 17.3 Å². The van der Waals surface area contributed by atoms with E-state index < -0.39 is 0 Å². The molecule has 0 saturated carbocycles. The lowest BCUT2D eigenvalue weighted by atomic mass is 10.2. The second kappa shape index (κ2) is 7.45. The van der Waals surface area contributed by atoms with Crippen molar-refractivity contribution >= 4 is 11.6 Å². The monoisotopic (exact) mass is 327 g/mol. The van der Waals surface area contributed by atoms with Gasteiger partial charge in [-0.3, -0.25) is 4.79 Å². The number of benzene rings is 1. The molecule has 0 aliphatic carbocycles. The predicted molar refractivity (Wildman–Crippen MR) is 86.6 cm³/mol.